The minimum absolute atomic E-state index is 0.0838. The van der Waals surface area contributed by atoms with E-state index in [-0.39, 0.29) is 18.4 Å². The summed E-state index contributed by atoms with van der Waals surface area (Å²) in [5.41, 5.74) is 1.89. The molecule has 0 bridgehead atoms. The number of benzene rings is 1. The molecule has 0 aliphatic heterocycles. The molecule has 7 nitrogen and oxygen atoms in total. The number of imide groups is 1. The van der Waals surface area contributed by atoms with Crippen LogP contribution in [0.5, 0.6) is 0 Å². The summed E-state index contributed by atoms with van der Waals surface area (Å²) in [5.74, 6) is 0.366. The second-order valence-corrected chi connectivity index (χ2v) is 14.1. The minimum Gasteiger partial charge on any atom is -0.441 e. The normalized spacial score (nSPS) is 11.3. The number of hydrogen-bond donors (Lipinski definition) is 1. The highest BCUT2D eigenvalue weighted by Gasteiger charge is 2.22. The molecule has 0 atom stereocenters. The van der Waals surface area contributed by atoms with E-state index in [0.717, 1.165) is 40.4 Å². The van der Waals surface area contributed by atoms with Gasteiger partial charge in [-0.1, -0.05) is 133 Å². The van der Waals surface area contributed by atoms with Crippen LogP contribution in [0.1, 0.15) is 134 Å². The molecule has 0 saturated carbocycles. The van der Waals surface area contributed by atoms with E-state index >= 15 is 0 Å². The van der Waals surface area contributed by atoms with Crippen LogP contribution < -0.4 is 5.32 Å². The Labute approximate surface area is 289 Å². The van der Waals surface area contributed by atoms with Gasteiger partial charge in [0.1, 0.15) is 10.9 Å². The Morgan fingerprint density at radius 2 is 1.43 bits per heavy atom. The van der Waals surface area contributed by atoms with Crippen LogP contribution in [0.25, 0.3) is 0 Å². The van der Waals surface area contributed by atoms with E-state index in [2.05, 4.69) is 31.1 Å². The first kappa shape index (κ1) is 37.9. The summed E-state index contributed by atoms with van der Waals surface area (Å²) < 4.78 is 7.55. The molecule has 3 aromatic rings. The fourth-order valence-corrected chi connectivity index (χ4v) is 7.19. The monoisotopic (exact) mass is 688 g/mol. The average molecular weight is 690 g/mol. The first-order valence-electron chi connectivity index (χ1n) is 16.9. The average Bonchev–Trinajstić information content (AvgIpc) is 3.35. The highest BCUT2D eigenvalue weighted by atomic mass is 35.5. The number of rotatable bonds is 21. The summed E-state index contributed by atoms with van der Waals surface area (Å²) in [6.45, 7) is 6.81. The number of aromatic nitrogens is 3. The molecule has 46 heavy (non-hydrogen) atoms. The second kappa shape index (κ2) is 21.3. The van der Waals surface area contributed by atoms with Gasteiger partial charge in [-0.05, 0) is 48.2 Å². The van der Waals surface area contributed by atoms with Gasteiger partial charge in [-0.25, -0.2) is 9.78 Å². The quantitative estimate of drug-likeness (QED) is 0.112. The zero-order chi connectivity index (χ0) is 33.1. The van der Waals surface area contributed by atoms with Crippen molar-refractivity contribution in [3.8, 4) is 0 Å². The number of amides is 2. The molecular formula is C36H50Cl2N4O3S. The maximum Gasteiger partial charge on any atom is 0.414 e. The molecule has 0 spiro atoms. The van der Waals surface area contributed by atoms with E-state index in [1.165, 1.54) is 76.0 Å². The van der Waals surface area contributed by atoms with E-state index in [9.17, 15) is 9.59 Å². The Morgan fingerprint density at radius 1 is 0.870 bits per heavy atom. The third-order valence-electron chi connectivity index (χ3n) is 7.79. The van der Waals surface area contributed by atoms with Gasteiger partial charge in [0.05, 0.1) is 12.2 Å². The van der Waals surface area contributed by atoms with Crippen LogP contribution in [-0.2, 0) is 22.7 Å². The number of alkyl carbamates (subject to hydrolysis) is 1. The molecule has 0 unspecified atom stereocenters. The fourth-order valence-electron chi connectivity index (χ4n) is 5.28. The van der Waals surface area contributed by atoms with Crippen LogP contribution in [0.3, 0.4) is 0 Å². The van der Waals surface area contributed by atoms with Crippen molar-refractivity contribution in [2.45, 2.75) is 140 Å². The Morgan fingerprint density at radius 3 is 2.00 bits per heavy atom. The summed E-state index contributed by atoms with van der Waals surface area (Å²) in [6.07, 6.45) is 19.1. The fraction of sp³-hybridized carbons (Fsp3) is 0.556. The molecule has 0 radical (unpaired) electrons. The summed E-state index contributed by atoms with van der Waals surface area (Å²) in [4.78, 5) is 34.9. The molecule has 0 saturated heterocycles. The SMILES string of the molecule is CCCCCCCCCCCCCCCC(=O)NC(=O)OCc1nc(C(C)C)c(Sc2cc(Cl)cc(Cl)c2)n1Cc1ccncc1. The summed E-state index contributed by atoms with van der Waals surface area (Å²) in [6, 6.07) is 9.29. The number of nitrogens with zero attached hydrogens (tertiary/aromatic N) is 3. The number of nitrogens with one attached hydrogen (secondary N) is 1. The van der Waals surface area contributed by atoms with Crippen LogP contribution in [-0.4, -0.2) is 26.5 Å². The Balaban J connectivity index is 1.49. The lowest BCUT2D eigenvalue weighted by Crippen LogP contribution is -2.31. The molecule has 0 aliphatic rings. The van der Waals surface area contributed by atoms with Crippen molar-refractivity contribution >= 4 is 47.0 Å². The number of carbonyl (C=O) groups excluding carboxylic acids is 2. The maximum atomic E-state index is 12.6. The second-order valence-electron chi connectivity index (χ2n) is 12.1. The summed E-state index contributed by atoms with van der Waals surface area (Å²) in [7, 11) is 0. The zero-order valence-electron chi connectivity index (χ0n) is 27.7. The first-order valence-corrected chi connectivity index (χ1v) is 18.4. The highest BCUT2D eigenvalue weighted by Crippen LogP contribution is 2.37. The molecule has 1 N–H and O–H groups in total. The zero-order valence-corrected chi connectivity index (χ0v) is 30.0. The molecule has 252 valence electrons. The molecule has 1 aromatic carbocycles. The first-order chi connectivity index (χ1) is 22.3. The van der Waals surface area contributed by atoms with Crippen LogP contribution in [0.4, 0.5) is 4.79 Å². The van der Waals surface area contributed by atoms with Crippen molar-refractivity contribution in [3.63, 3.8) is 0 Å². The number of halogens is 2. The molecule has 0 aliphatic carbocycles. The predicted octanol–water partition coefficient (Wildman–Crippen LogP) is 11.1. The number of carbonyl (C=O) groups is 2. The van der Waals surface area contributed by atoms with Gasteiger partial charge < -0.3 is 9.30 Å². The number of ether oxygens (including phenoxy) is 1. The van der Waals surface area contributed by atoms with Gasteiger partial charge in [0.15, 0.2) is 6.61 Å². The Bertz CT molecular complexity index is 1330. The number of hydrogen-bond acceptors (Lipinski definition) is 6. The Hall–Kier alpha value is -2.55. The van der Waals surface area contributed by atoms with Gasteiger partial charge in [0.2, 0.25) is 5.91 Å². The van der Waals surface area contributed by atoms with Crippen molar-refractivity contribution in [3.05, 3.63) is 69.9 Å². The third kappa shape index (κ3) is 14.1. The van der Waals surface area contributed by atoms with Crippen LogP contribution in [0.15, 0.2) is 52.6 Å². The van der Waals surface area contributed by atoms with Gasteiger partial charge in [0, 0.05) is 33.8 Å². The van der Waals surface area contributed by atoms with Gasteiger partial charge >= 0.3 is 6.09 Å². The van der Waals surface area contributed by atoms with Gasteiger partial charge in [-0.3, -0.25) is 15.1 Å². The molecular weight excluding hydrogens is 639 g/mol. The van der Waals surface area contributed by atoms with Gasteiger partial charge in [0.25, 0.3) is 0 Å². The Kier molecular flexibility index (Phi) is 17.6. The van der Waals surface area contributed by atoms with Crippen molar-refractivity contribution in [1.29, 1.82) is 0 Å². The summed E-state index contributed by atoms with van der Waals surface area (Å²) in [5, 5.41) is 4.38. The van der Waals surface area contributed by atoms with Crippen molar-refractivity contribution in [1.82, 2.24) is 19.9 Å². The van der Waals surface area contributed by atoms with Crippen molar-refractivity contribution in [2.24, 2.45) is 0 Å². The van der Waals surface area contributed by atoms with Crippen LogP contribution in [0.2, 0.25) is 10.0 Å². The molecule has 2 amide bonds. The molecule has 2 heterocycles. The van der Waals surface area contributed by atoms with Gasteiger partial charge in [-0.2, -0.15) is 0 Å². The molecule has 0 fully saturated rings. The van der Waals surface area contributed by atoms with E-state index in [4.69, 9.17) is 32.9 Å². The predicted molar refractivity (Wildman–Crippen MR) is 189 cm³/mol. The van der Waals surface area contributed by atoms with Crippen molar-refractivity contribution in [2.75, 3.05) is 0 Å². The smallest absolute Gasteiger partial charge is 0.414 e. The molecule has 10 heteroatoms. The minimum atomic E-state index is -0.764. The standard InChI is InChI=1S/C36H50Cl2N4O3S/c1-4-5-6-7-8-9-10-11-12-13-14-15-16-17-33(43)41-36(44)45-26-32-40-34(27(2)3)35(42(32)25-28-18-20-39-21-19-28)46-31-23-29(37)22-30(38)24-31/h18-24,27H,4-17,25-26H2,1-3H3,(H,41,43,44). The highest BCUT2D eigenvalue weighted by molar-refractivity contribution is 7.99. The lowest BCUT2D eigenvalue weighted by molar-refractivity contribution is -0.120. The topological polar surface area (TPSA) is 86.1 Å². The van der Waals surface area contributed by atoms with Crippen LogP contribution in [0, 0.1) is 0 Å². The number of imidazole rings is 1. The molecule has 3 rings (SSSR count). The van der Waals surface area contributed by atoms with E-state index in [1.807, 2.05) is 28.8 Å². The molecule has 2 aromatic heterocycles. The largest absolute Gasteiger partial charge is 0.441 e. The third-order valence-corrected chi connectivity index (χ3v) is 9.32. The van der Waals surface area contributed by atoms with E-state index in [1.54, 1.807) is 18.5 Å². The van der Waals surface area contributed by atoms with E-state index in [0.29, 0.717) is 28.8 Å². The van der Waals surface area contributed by atoms with Crippen LogP contribution >= 0.6 is 35.0 Å². The maximum absolute atomic E-state index is 12.6. The van der Waals surface area contributed by atoms with E-state index < -0.39 is 6.09 Å². The number of unbranched alkanes of at least 4 members (excludes halogenated alkanes) is 12. The lowest BCUT2D eigenvalue weighted by Gasteiger charge is -2.14. The number of pyridine rings is 1. The lowest BCUT2D eigenvalue weighted by atomic mass is 10.0. The summed E-state index contributed by atoms with van der Waals surface area (Å²) >= 11 is 14.1. The van der Waals surface area contributed by atoms with Gasteiger partial charge in [-0.15, -0.1) is 0 Å². The van der Waals surface area contributed by atoms with Crippen molar-refractivity contribution < 1.29 is 14.3 Å².